The summed E-state index contributed by atoms with van der Waals surface area (Å²) in [6.07, 6.45) is 1.86. The van der Waals surface area contributed by atoms with Crippen LogP contribution in [0.4, 0.5) is 0 Å². The zero-order chi connectivity index (χ0) is 6.41. The summed E-state index contributed by atoms with van der Waals surface area (Å²) in [7, 11) is 0. The van der Waals surface area contributed by atoms with Gasteiger partial charge >= 0.3 is 0 Å². The van der Waals surface area contributed by atoms with Crippen LogP contribution in [0.1, 0.15) is 13.3 Å². The Hall–Kier alpha value is -0.700. The average molecular weight is 114 g/mol. The zero-order valence-electron chi connectivity index (χ0n) is 4.92. The minimum Gasteiger partial charge on any atom is -0.326 e. The Labute approximate surface area is 48.6 Å². The molecule has 0 aromatic heterocycles. The molecular weight excluding hydrogens is 104 g/mol. The summed E-state index contributed by atoms with van der Waals surface area (Å²) in [5.74, 6) is -0.115. The van der Waals surface area contributed by atoms with Crippen LogP contribution in [0.25, 0.3) is 0 Å². The lowest BCUT2D eigenvalue weighted by Crippen LogP contribution is -2.01. The number of amides is 1. The molecular formula is C5H10N2O. The second-order valence-electron chi connectivity index (χ2n) is 1.29. The molecule has 0 aliphatic rings. The molecule has 8 heavy (non-hydrogen) atoms. The monoisotopic (exact) mass is 114 g/mol. The van der Waals surface area contributed by atoms with E-state index in [4.69, 9.17) is 5.73 Å². The first kappa shape index (κ1) is 7.30. The molecule has 0 aromatic carbocycles. The summed E-state index contributed by atoms with van der Waals surface area (Å²) in [5, 5.41) is 0. The third-order valence-electron chi connectivity index (χ3n) is 0.643. The molecule has 46 valence electrons. The van der Waals surface area contributed by atoms with E-state index in [0.29, 0.717) is 13.0 Å². The molecule has 0 bridgehead atoms. The molecule has 3 heteroatoms. The Morgan fingerprint density at radius 2 is 2.50 bits per heavy atom. The Morgan fingerprint density at radius 1 is 1.88 bits per heavy atom. The van der Waals surface area contributed by atoms with Crippen molar-refractivity contribution in [3.8, 4) is 0 Å². The number of nitrogens with two attached hydrogens (primary N) is 1. The first-order valence-corrected chi connectivity index (χ1v) is 2.56. The molecule has 0 radical (unpaired) electrons. The predicted molar refractivity (Wildman–Crippen MR) is 32.8 cm³/mol. The van der Waals surface area contributed by atoms with Gasteiger partial charge in [0.05, 0.1) is 0 Å². The second-order valence-corrected chi connectivity index (χ2v) is 1.29. The van der Waals surface area contributed by atoms with Crippen LogP contribution in [-0.2, 0) is 4.79 Å². The van der Waals surface area contributed by atoms with Crippen molar-refractivity contribution in [2.24, 2.45) is 10.7 Å². The number of hydrogen-bond donors (Lipinski definition) is 1. The largest absolute Gasteiger partial charge is 0.326 e. The van der Waals surface area contributed by atoms with Gasteiger partial charge in [0.15, 0.2) is 0 Å². The van der Waals surface area contributed by atoms with Crippen molar-refractivity contribution in [3.05, 3.63) is 0 Å². The quantitative estimate of drug-likeness (QED) is 0.512. The van der Waals surface area contributed by atoms with E-state index in [2.05, 4.69) is 4.99 Å². The number of hydrogen-bond acceptors (Lipinski definition) is 2. The summed E-state index contributed by atoms with van der Waals surface area (Å²) in [5.41, 5.74) is 5.03. The van der Waals surface area contributed by atoms with Gasteiger partial charge in [0.25, 0.3) is 0 Å². The Kier molecular flexibility index (Phi) is 4.07. The second kappa shape index (κ2) is 4.46. The first-order chi connectivity index (χ1) is 3.81. The highest BCUT2D eigenvalue weighted by molar-refractivity contribution is 5.85. The predicted octanol–water partition coefficient (Wildman–Crippen LogP) is -0.0475. The van der Waals surface area contributed by atoms with Crippen LogP contribution in [-0.4, -0.2) is 18.7 Å². The van der Waals surface area contributed by atoms with Crippen LogP contribution in [0, 0.1) is 0 Å². The van der Waals surface area contributed by atoms with E-state index in [1.54, 1.807) is 6.92 Å². The highest BCUT2D eigenvalue weighted by atomic mass is 16.1. The Bertz CT molecular complexity index is 98.6. The van der Waals surface area contributed by atoms with Crippen LogP contribution < -0.4 is 5.73 Å². The number of carbonyl (C=O) groups is 1. The Morgan fingerprint density at radius 3 is 2.88 bits per heavy atom. The normalized spacial score (nSPS) is 10.2. The van der Waals surface area contributed by atoms with Gasteiger partial charge in [-0.1, -0.05) is 6.92 Å². The van der Waals surface area contributed by atoms with Gasteiger partial charge < -0.3 is 5.73 Å². The standard InChI is InChI=1S/C5H10N2O/c1-2-5(8)7-4-3-6/h4H,2-3,6H2,1H3. The van der Waals surface area contributed by atoms with Crippen molar-refractivity contribution in [2.45, 2.75) is 13.3 Å². The van der Waals surface area contributed by atoms with Crippen molar-refractivity contribution in [3.63, 3.8) is 0 Å². The third-order valence-corrected chi connectivity index (χ3v) is 0.643. The van der Waals surface area contributed by atoms with Gasteiger partial charge in [-0.3, -0.25) is 4.79 Å². The fraction of sp³-hybridized carbons (Fsp3) is 0.600. The summed E-state index contributed by atoms with van der Waals surface area (Å²) in [6.45, 7) is 2.10. The van der Waals surface area contributed by atoms with Crippen LogP contribution in [0.3, 0.4) is 0 Å². The van der Waals surface area contributed by atoms with Crippen LogP contribution in [0.2, 0.25) is 0 Å². The van der Waals surface area contributed by atoms with E-state index in [-0.39, 0.29) is 5.91 Å². The molecule has 0 saturated heterocycles. The highest BCUT2D eigenvalue weighted by Crippen LogP contribution is 1.78. The summed E-state index contributed by atoms with van der Waals surface area (Å²) in [4.78, 5) is 13.8. The van der Waals surface area contributed by atoms with Crippen LogP contribution in [0.15, 0.2) is 4.99 Å². The van der Waals surface area contributed by atoms with Gasteiger partial charge in [0, 0.05) is 19.2 Å². The molecule has 0 aliphatic carbocycles. The molecule has 2 N–H and O–H groups in total. The fourth-order valence-corrected chi connectivity index (χ4v) is 0.246. The number of aliphatic imine (C=N–C) groups is 1. The molecule has 3 nitrogen and oxygen atoms in total. The van der Waals surface area contributed by atoms with Gasteiger partial charge in [0.2, 0.25) is 5.91 Å². The van der Waals surface area contributed by atoms with E-state index in [0.717, 1.165) is 0 Å². The maximum Gasteiger partial charge on any atom is 0.245 e. The van der Waals surface area contributed by atoms with E-state index < -0.39 is 0 Å². The number of carbonyl (C=O) groups excluding carboxylic acids is 1. The third kappa shape index (κ3) is 3.49. The van der Waals surface area contributed by atoms with E-state index in [1.165, 1.54) is 6.21 Å². The molecule has 0 aromatic rings. The first-order valence-electron chi connectivity index (χ1n) is 2.56. The smallest absolute Gasteiger partial charge is 0.245 e. The maximum atomic E-state index is 10.3. The van der Waals surface area contributed by atoms with Crippen LogP contribution >= 0.6 is 0 Å². The zero-order valence-corrected chi connectivity index (χ0v) is 4.92. The summed E-state index contributed by atoms with van der Waals surface area (Å²) in [6, 6.07) is 0. The minimum absolute atomic E-state index is 0.115. The molecule has 0 atom stereocenters. The van der Waals surface area contributed by atoms with E-state index in [9.17, 15) is 4.79 Å². The van der Waals surface area contributed by atoms with E-state index >= 15 is 0 Å². The lowest BCUT2D eigenvalue weighted by Gasteiger charge is -1.81. The molecule has 1 amide bonds. The molecule has 0 heterocycles. The molecule has 0 fully saturated rings. The SMILES string of the molecule is CCC(=O)N=CCN. The average Bonchev–Trinajstić information content (AvgIpc) is 1.83. The lowest BCUT2D eigenvalue weighted by molar-refractivity contribution is -0.117. The summed E-state index contributed by atoms with van der Waals surface area (Å²) >= 11 is 0. The molecule has 0 aliphatic heterocycles. The van der Waals surface area contributed by atoms with Gasteiger partial charge in [-0.15, -0.1) is 0 Å². The van der Waals surface area contributed by atoms with E-state index in [1.807, 2.05) is 0 Å². The molecule has 0 rings (SSSR count). The van der Waals surface area contributed by atoms with Crippen molar-refractivity contribution in [1.29, 1.82) is 0 Å². The van der Waals surface area contributed by atoms with Gasteiger partial charge in [-0.25, -0.2) is 4.99 Å². The highest BCUT2D eigenvalue weighted by Gasteiger charge is 1.86. The Balaban J connectivity index is 3.37. The van der Waals surface area contributed by atoms with Gasteiger partial charge in [0.1, 0.15) is 0 Å². The van der Waals surface area contributed by atoms with Crippen molar-refractivity contribution >= 4 is 12.1 Å². The van der Waals surface area contributed by atoms with Gasteiger partial charge in [-0.05, 0) is 0 Å². The number of nitrogens with zero attached hydrogens (tertiary/aromatic N) is 1. The number of rotatable bonds is 2. The maximum absolute atomic E-state index is 10.3. The van der Waals surface area contributed by atoms with Crippen molar-refractivity contribution < 1.29 is 4.79 Å². The molecule has 0 saturated carbocycles. The van der Waals surface area contributed by atoms with Crippen molar-refractivity contribution in [1.82, 2.24) is 0 Å². The van der Waals surface area contributed by atoms with Gasteiger partial charge in [-0.2, -0.15) is 0 Å². The van der Waals surface area contributed by atoms with Crippen molar-refractivity contribution in [2.75, 3.05) is 6.54 Å². The minimum atomic E-state index is -0.115. The molecule has 0 unspecified atom stereocenters. The topological polar surface area (TPSA) is 55.5 Å². The summed E-state index contributed by atoms with van der Waals surface area (Å²) < 4.78 is 0. The fourth-order valence-electron chi connectivity index (χ4n) is 0.246. The van der Waals surface area contributed by atoms with Crippen LogP contribution in [0.5, 0.6) is 0 Å². The molecule has 0 spiro atoms. The lowest BCUT2D eigenvalue weighted by atomic mass is 10.5.